The Labute approximate surface area is 124 Å². The number of aryl methyl sites for hydroxylation is 2. The molecule has 4 nitrogen and oxygen atoms in total. The largest absolute Gasteiger partial charge is 0.489 e. The molecule has 0 spiro atoms. The molecule has 1 amide bonds. The number of nitrogens with one attached hydrogen (secondary N) is 1. The smallest absolute Gasteiger partial charge is 0.411 e. The summed E-state index contributed by atoms with van der Waals surface area (Å²) in [6.07, 6.45) is -0.491. The minimum Gasteiger partial charge on any atom is -0.489 e. The van der Waals surface area contributed by atoms with Gasteiger partial charge in [0.1, 0.15) is 12.4 Å². The Morgan fingerprint density at radius 3 is 2.67 bits per heavy atom. The lowest BCUT2D eigenvalue weighted by Gasteiger charge is -2.13. The molecule has 2 aromatic carbocycles. The molecule has 0 aliphatic heterocycles. The number of benzene rings is 2. The molecule has 0 aliphatic rings. The standard InChI is InChI=1S/C17H19NO3/c1-12-8-9-13(2)16(10-12)21-11-14-6-4-5-7-15(14)18-17(19)20-3/h4-10H,11H2,1-3H3,(H,18,19). The second-order valence-electron chi connectivity index (χ2n) is 4.83. The zero-order valence-corrected chi connectivity index (χ0v) is 12.5. The van der Waals surface area contributed by atoms with E-state index < -0.39 is 6.09 Å². The normalized spacial score (nSPS) is 10.0. The average molecular weight is 285 g/mol. The van der Waals surface area contributed by atoms with E-state index >= 15 is 0 Å². The minimum atomic E-state index is -0.491. The quantitative estimate of drug-likeness (QED) is 0.921. The summed E-state index contributed by atoms with van der Waals surface area (Å²) in [5, 5.41) is 2.68. The third-order valence-electron chi connectivity index (χ3n) is 3.17. The Balaban J connectivity index is 2.13. The van der Waals surface area contributed by atoms with Crippen LogP contribution in [0.15, 0.2) is 42.5 Å². The fourth-order valence-electron chi connectivity index (χ4n) is 1.95. The molecule has 2 rings (SSSR count). The fraction of sp³-hybridized carbons (Fsp3) is 0.235. The third kappa shape index (κ3) is 3.99. The van der Waals surface area contributed by atoms with E-state index in [1.165, 1.54) is 7.11 Å². The molecule has 0 radical (unpaired) electrons. The summed E-state index contributed by atoms with van der Waals surface area (Å²) in [5.74, 6) is 0.850. The summed E-state index contributed by atoms with van der Waals surface area (Å²) in [5.41, 5.74) is 3.81. The molecular formula is C17H19NO3. The van der Waals surface area contributed by atoms with Gasteiger partial charge in [-0.25, -0.2) is 4.79 Å². The number of para-hydroxylation sites is 1. The maximum absolute atomic E-state index is 11.3. The van der Waals surface area contributed by atoms with Crippen LogP contribution in [-0.4, -0.2) is 13.2 Å². The van der Waals surface area contributed by atoms with Gasteiger partial charge in [-0.2, -0.15) is 0 Å². The summed E-state index contributed by atoms with van der Waals surface area (Å²) < 4.78 is 10.5. The van der Waals surface area contributed by atoms with Crippen LogP contribution >= 0.6 is 0 Å². The van der Waals surface area contributed by atoms with Crippen molar-refractivity contribution in [3.63, 3.8) is 0 Å². The van der Waals surface area contributed by atoms with Crippen molar-refractivity contribution in [1.29, 1.82) is 0 Å². The second kappa shape index (κ2) is 6.79. The molecule has 110 valence electrons. The van der Waals surface area contributed by atoms with Gasteiger partial charge in [0.05, 0.1) is 12.8 Å². The summed E-state index contributed by atoms with van der Waals surface area (Å²) in [7, 11) is 1.34. The van der Waals surface area contributed by atoms with Gasteiger partial charge in [-0.3, -0.25) is 5.32 Å². The van der Waals surface area contributed by atoms with Crippen molar-refractivity contribution < 1.29 is 14.3 Å². The molecule has 0 saturated carbocycles. The maximum atomic E-state index is 11.3. The van der Waals surface area contributed by atoms with Gasteiger partial charge in [0.2, 0.25) is 0 Å². The van der Waals surface area contributed by atoms with Gasteiger partial charge in [0.15, 0.2) is 0 Å². The number of hydrogen-bond donors (Lipinski definition) is 1. The van der Waals surface area contributed by atoms with Crippen LogP contribution in [0.4, 0.5) is 10.5 Å². The Morgan fingerprint density at radius 2 is 1.90 bits per heavy atom. The van der Waals surface area contributed by atoms with E-state index in [1.807, 2.05) is 50.2 Å². The van der Waals surface area contributed by atoms with Gasteiger partial charge in [0, 0.05) is 5.56 Å². The molecule has 0 aliphatic carbocycles. The number of amides is 1. The van der Waals surface area contributed by atoms with Gasteiger partial charge in [0.25, 0.3) is 0 Å². The Bertz CT molecular complexity index is 638. The van der Waals surface area contributed by atoms with Crippen LogP contribution in [-0.2, 0) is 11.3 Å². The summed E-state index contributed by atoms with van der Waals surface area (Å²) in [6, 6.07) is 13.6. The van der Waals surface area contributed by atoms with E-state index in [0.717, 1.165) is 22.4 Å². The average Bonchev–Trinajstić information content (AvgIpc) is 2.49. The van der Waals surface area contributed by atoms with Crippen molar-refractivity contribution in [2.24, 2.45) is 0 Å². The van der Waals surface area contributed by atoms with Crippen LogP contribution in [0.3, 0.4) is 0 Å². The highest BCUT2D eigenvalue weighted by Crippen LogP contribution is 2.22. The molecule has 0 saturated heterocycles. The summed E-state index contributed by atoms with van der Waals surface area (Å²) in [4.78, 5) is 11.3. The van der Waals surface area contributed by atoms with E-state index in [9.17, 15) is 4.79 Å². The molecule has 0 heterocycles. The molecule has 0 unspecified atom stereocenters. The van der Waals surface area contributed by atoms with E-state index in [-0.39, 0.29) is 0 Å². The highest BCUT2D eigenvalue weighted by atomic mass is 16.5. The topological polar surface area (TPSA) is 47.6 Å². The lowest BCUT2D eigenvalue weighted by Crippen LogP contribution is -2.13. The van der Waals surface area contributed by atoms with Gasteiger partial charge >= 0.3 is 6.09 Å². The van der Waals surface area contributed by atoms with E-state index in [2.05, 4.69) is 16.1 Å². The number of carbonyl (C=O) groups is 1. The van der Waals surface area contributed by atoms with Crippen molar-refractivity contribution in [1.82, 2.24) is 0 Å². The molecule has 0 atom stereocenters. The molecule has 0 fully saturated rings. The zero-order valence-electron chi connectivity index (χ0n) is 12.5. The summed E-state index contributed by atoms with van der Waals surface area (Å²) in [6.45, 7) is 4.41. The number of rotatable bonds is 4. The molecule has 4 heteroatoms. The number of ether oxygens (including phenoxy) is 2. The number of hydrogen-bond acceptors (Lipinski definition) is 3. The van der Waals surface area contributed by atoms with Crippen molar-refractivity contribution in [3.05, 3.63) is 59.2 Å². The number of methoxy groups -OCH3 is 1. The first kappa shape index (κ1) is 14.9. The first-order valence-corrected chi connectivity index (χ1v) is 6.73. The van der Waals surface area contributed by atoms with Crippen molar-refractivity contribution in [2.75, 3.05) is 12.4 Å². The molecule has 21 heavy (non-hydrogen) atoms. The van der Waals surface area contributed by atoms with Crippen molar-refractivity contribution in [3.8, 4) is 5.75 Å². The van der Waals surface area contributed by atoms with Crippen LogP contribution in [0.2, 0.25) is 0 Å². The molecule has 1 N–H and O–H groups in total. The lowest BCUT2D eigenvalue weighted by molar-refractivity contribution is 0.187. The van der Waals surface area contributed by atoms with Gasteiger partial charge in [-0.15, -0.1) is 0 Å². The lowest BCUT2D eigenvalue weighted by atomic mass is 10.1. The van der Waals surface area contributed by atoms with E-state index in [4.69, 9.17) is 4.74 Å². The Kier molecular flexibility index (Phi) is 4.82. The van der Waals surface area contributed by atoms with Crippen LogP contribution in [0, 0.1) is 13.8 Å². The summed E-state index contributed by atoms with van der Waals surface area (Å²) >= 11 is 0. The highest BCUT2D eigenvalue weighted by molar-refractivity contribution is 5.85. The SMILES string of the molecule is COC(=O)Nc1ccccc1COc1cc(C)ccc1C. The van der Waals surface area contributed by atoms with Crippen LogP contribution in [0.5, 0.6) is 5.75 Å². The van der Waals surface area contributed by atoms with Crippen molar-refractivity contribution >= 4 is 11.8 Å². The van der Waals surface area contributed by atoms with E-state index in [0.29, 0.717) is 12.3 Å². The number of anilines is 1. The predicted octanol–water partition coefficient (Wildman–Crippen LogP) is 4.06. The first-order valence-electron chi connectivity index (χ1n) is 6.73. The molecule has 0 aromatic heterocycles. The molecule has 0 bridgehead atoms. The number of carbonyl (C=O) groups excluding carboxylic acids is 1. The Hall–Kier alpha value is -2.49. The first-order chi connectivity index (χ1) is 10.1. The Morgan fingerprint density at radius 1 is 1.14 bits per heavy atom. The minimum absolute atomic E-state index is 0.379. The predicted molar refractivity (Wildman–Crippen MR) is 82.7 cm³/mol. The van der Waals surface area contributed by atoms with E-state index in [1.54, 1.807) is 0 Å². The van der Waals surface area contributed by atoms with Crippen LogP contribution < -0.4 is 10.1 Å². The molecule has 2 aromatic rings. The zero-order chi connectivity index (χ0) is 15.2. The molecular weight excluding hydrogens is 266 g/mol. The van der Waals surface area contributed by atoms with Gasteiger partial charge in [-0.1, -0.05) is 30.3 Å². The highest BCUT2D eigenvalue weighted by Gasteiger charge is 2.07. The fourth-order valence-corrected chi connectivity index (χ4v) is 1.95. The van der Waals surface area contributed by atoms with Crippen LogP contribution in [0.25, 0.3) is 0 Å². The third-order valence-corrected chi connectivity index (χ3v) is 3.17. The second-order valence-corrected chi connectivity index (χ2v) is 4.83. The van der Waals surface area contributed by atoms with Gasteiger partial charge < -0.3 is 9.47 Å². The maximum Gasteiger partial charge on any atom is 0.411 e. The monoisotopic (exact) mass is 285 g/mol. The van der Waals surface area contributed by atoms with Crippen molar-refractivity contribution in [2.45, 2.75) is 20.5 Å². The van der Waals surface area contributed by atoms with Gasteiger partial charge in [-0.05, 0) is 37.1 Å². The van der Waals surface area contributed by atoms with Crippen LogP contribution in [0.1, 0.15) is 16.7 Å².